The minimum atomic E-state index is -0.485. The predicted molar refractivity (Wildman–Crippen MR) is 96.7 cm³/mol. The van der Waals surface area contributed by atoms with Crippen LogP contribution in [-0.2, 0) is 14.2 Å². The Kier molecular flexibility index (Phi) is 7.22. The van der Waals surface area contributed by atoms with Gasteiger partial charge in [-0.15, -0.1) is 0 Å². The summed E-state index contributed by atoms with van der Waals surface area (Å²) in [5.41, 5.74) is 1.78. The summed E-state index contributed by atoms with van der Waals surface area (Å²) >= 11 is 0. The average Bonchev–Trinajstić information content (AvgIpc) is 2.54. The van der Waals surface area contributed by atoms with Crippen molar-refractivity contribution in [3.63, 3.8) is 0 Å². The zero-order valence-electron chi connectivity index (χ0n) is 16.0. The molecule has 0 aliphatic rings. The Hall–Kier alpha value is -2.30. The number of aryl methyl sites for hydroxylation is 2. The quantitative estimate of drug-likeness (QED) is 0.520. The van der Waals surface area contributed by atoms with Crippen LogP contribution < -0.4 is 0 Å². The van der Waals surface area contributed by atoms with E-state index in [1.54, 1.807) is 32.9 Å². The van der Waals surface area contributed by atoms with Gasteiger partial charge < -0.3 is 14.2 Å². The summed E-state index contributed by atoms with van der Waals surface area (Å²) < 4.78 is 15.9. The van der Waals surface area contributed by atoms with Crippen LogP contribution in [0.3, 0.4) is 0 Å². The molecule has 0 saturated heterocycles. The molecule has 1 unspecified atom stereocenters. The van der Waals surface area contributed by atoms with Crippen LogP contribution in [0.2, 0.25) is 0 Å². The highest BCUT2D eigenvalue weighted by molar-refractivity contribution is 5.96. The third kappa shape index (κ3) is 5.34. The topological polar surface area (TPSA) is 61.8 Å². The molecule has 1 aromatic carbocycles. The van der Waals surface area contributed by atoms with Gasteiger partial charge in [0.05, 0.1) is 30.6 Å². The van der Waals surface area contributed by atoms with Crippen molar-refractivity contribution in [2.24, 2.45) is 5.92 Å². The largest absolute Gasteiger partial charge is 0.496 e. The summed E-state index contributed by atoms with van der Waals surface area (Å²) in [6.45, 7) is 15.2. The number of rotatable bonds is 8. The molecule has 0 heterocycles. The van der Waals surface area contributed by atoms with E-state index in [2.05, 4.69) is 6.58 Å². The SMILES string of the molecule is C=COC(C)(C)C(C)COC(=O)c1cc(C)c(C(=O)OCC)cc1C. The molecule has 0 spiro atoms. The van der Waals surface area contributed by atoms with Crippen LogP contribution in [-0.4, -0.2) is 30.8 Å². The Morgan fingerprint density at radius 3 is 2.04 bits per heavy atom. The highest BCUT2D eigenvalue weighted by Crippen LogP contribution is 2.23. The van der Waals surface area contributed by atoms with Gasteiger partial charge in [0.2, 0.25) is 0 Å². The third-order valence-electron chi connectivity index (χ3n) is 4.32. The molecule has 0 N–H and O–H groups in total. The van der Waals surface area contributed by atoms with E-state index in [1.165, 1.54) is 6.26 Å². The van der Waals surface area contributed by atoms with Gasteiger partial charge in [0.25, 0.3) is 0 Å². The minimum Gasteiger partial charge on any atom is -0.496 e. The van der Waals surface area contributed by atoms with Crippen LogP contribution in [0.4, 0.5) is 0 Å². The fraction of sp³-hybridized carbons (Fsp3) is 0.500. The van der Waals surface area contributed by atoms with Gasteiger partial charge in [-0.3, -0.25) is 0 Å². The number of ether oxygens (including phenoxy) is 3. The van der Waals surface area contributed by atoms with Crippen LogP contribution >= 0.6 is 0 Å². The molecule has 0 aliphatic heterocycles. The van der Waals surface area contributed by atoms with Crippen molar-refractivity contribution in [3.05, 3.63) is 47.2 Å². The van der Waals surface area contributed by atoms with Crippen molar-refractivity contribution in [3.8, 4) is 0 Å². The molecule has 0 amide bonds. The summed E-state index contributed by atoms with van der Waals surface area (Å²) in [5, 5.41) is 0. The Morgan fingerprint density at radius 1 is 1.12 bits per heavy atom. The Morgan fingerprint density at radius 2 is 1.60 bits per heavy atom. The van der Waals surface area contributed by atoms with Crippen LogP contribution in [0, 0.1) is 19.8 Å². The van der Waals surface area contributed by atoms with E-state index in [0.717, 1.165) is 0 Å². The smallest absolute Gasteiger partial charge is 0.338 e. The van der Waals surface area contributed by atoms with Crippen molar-refractivity contribution < 1.29 is 23.8 Å². The number of carbonyl (C=O) groups is 2. The van der Waals surface area contributed by atoms with Gasteiger partial charge in [0.1, 0.15) is 5.60 Å². The second-order valence-corrected chi connectivity index (χ2v) is 6.59. The lowest BCUT2D eigenvalue weighted by atomic mass is 9.93. The number of hydrogen-bond acceptors (Lipinski definition) is 5. The second-order valence-electron chi connectivity index (χ2n) is 6.59. The third-order valence-corrected chi connectivity index (χ3v) is 4.32. The standard InChI is InChI=1S/C20H28O5/c1-8-23-18(21)16-10-14(4)17(11-13(16)3)19(22)24-12-15(5)20(6,7)25-9-2/h9-11,15H,2,8,12H2,1,3-7H3. The normalized spacial score (nSPS) is 12.2. The molecule has 0 aromatic heterocycles. The first-order chi connectivity index (χ1) is 11.6. The van der Waals surface area contributed by atoms with Crippen LogP contribution in [0.25, 0.3) is 0 Å². The summed E-state index contributed by atoms with van der Waals surface area (Å²) in [4.78, 5) is 24.3. The zero-order valence-corrected chi connectivity index (χ0v) is 16.0. The van der Waals surface area contributed by atoms with Crippen LogP contribution in [0.1, 0.15) is 59.5 Å². The first-order valence-electron chi connectivity index (χ1n) is 8.38. The van der Waals surface area contributed by atoms with Crippen molar-refractivity contribution in [1.29, 1.82) is 0 Å². The molecule has 5 heteroatoms. The number of benzene rings is 1. The second kappa shape index (κ2) is 8.70. The van der Waals surface area contributed by atoms with E-state index in [0.29, 0.717) is 28.9 Å². The number of carbonyl (C=O) groups excluding carboxylic acids is 2. The molecule has 0 bridgehead atoms. The van der Waals surface area contributed by atoms with E-state index in [-0.39, 0.29) is 18.5 Å². The predicted octanol–water partition coefficient (Wildman–Crippen LogP) is 4.21. The molecule has 0 saturated carbocycles. The first kappa shape index (κ1) is 20.7. The summed E-state index contributed by atoms with van der Waals surface area (Å²) in [5.74, 6) is -0.827. The number of esters is 2. The fourth-order valence-corrected chi connectivity index (χ4v) is 2.27. The highest BCUT2D eigenvalue weighted by Gasteiger charge is 2.28. The first-order valence-corrected chi connectivity index (χ1v) is 8.38. The van der Waals surface area contributed by atoms with Gasteiger partial charge in [-0.25, -0.2) is 9.59 Å². The van der Waals surface area contributed by atoms with Crippen molar-refractivity contribution in [1.82, 2.24) is 0 Å². The maximum absolute atomic E-state index is 12.4. The molecule has 1 rings (SSSR count). The van der Waals surface area contributed by atoms with Crippen LogP contribution in [0.15, 0.2) is 25.0 Å². The molecule has 5 nitrogen and oxygen atoms in total. The summed E-state index contributed by atoms with van der Waals surface area (Å²) in [7, 11) is 0. The maximum Gasteiger partial charge on any atom is 0.338 e. The van der Waals surface area contributed by atoms with E-state index < -0.39 is 11.6 Å². The molecule has 0 fully saturated rings. The Labute approximate surface area is 150 Å². The van der Waals surface area contributed by atoms with Gasteiger partial charge in [0, 0.05) is 5.92 Å². The lowest BCUT2D eigenvalue weighted by Gasteiger charge is -2.30. The lowest BCUT2D eigenvalue weighted by Crippen LogP contribution is -2.34. The molecule has 0 aliphatic carbocycles. The highest BCUT2D eigenvalue weighted by atomic mass is 16.5. The van der Waals surface area contributed by atoms with E-state index in [4.69, 9.17) is 14.2 Å². The van der Waals surface area contributed by atoms with E-state index in [1.807, 2.05) is 20.8 Å². The van der Waals surface area contributed by atoms with E-state index in [9.17, 15) is 9.59 Å². The molecule has 0 radical (unpaired) electrons. The van der Waals surface area contributed by atoms with Gasteiger partial charge >= 0.3 is 11.9 Å². The van der Waals surface area contributed by atoms with Gasteiger partial charge in [-0.05, 0) is 57.9 Å². The fourth-order valence-electron chi connectivity index (χ4n) is 2.27. The van der Waals surface area contributed by atoms with Crippen molar-refractivity contribution >= 4 is 11.9 Å². The van der Waals surface area contributed by atoms with Gasteiger partial charge in [-0.1, -0.05) is 13.5 Å². The monoisotopic (exact) mass is 348 g/mol. The summed E-state index contributed by atoms with van der Waals surface area (Å²) in [6, 6.07) is 3.33. The molecule has 25 heavy (non-hydrogen) atoms. The molecule has 1 aromatic rings. The van der Waals surface area contributed by atoms with Gasteiger partial charge in [-0.2, -0.15) is 0 Å². The maximum atomic E-state index is 12.4. The molecule has 1 atom stereocenters. The molecular formula is C20H28O5. The average molecular weight is 348 g/mol. The molecular weight excluding hydrogens is 320 g/mol. The van der Waals surface area contributed by atoms with Crippen molar-refractivity contribution in [2.75, 3.05) is 13.2 Å². The Bertz CT molecular complexity index is 646. The number of hydrogen-bond donors (Lipinski definition) is 0. The summed E-state index contributed by atoms with van der Waals surface area (Å²) in [6.07, 6.45) is 1.39. The van der Waals surface area contributed by atoms with Crippen LogP contribution in [0.5, 0.6) is 0 Å². The zero-order chi connectivity index (χ0) is 19.2. The lowest BCUT2D eigenvalue weighted by molar-refractivity contribution is -0.0229. The van der Waals surface area contributed by atoms with Gasteiger partial charge in [0.15, 0.2) is 0 Å². The van der Waals surface area contributed by atoms with Crippen molar-refractivity contribution in [2.45, 2.75) is 47.1 Å². The Balaban J connectivity index is 2.87. The minimum absolute atomic E-state index is 0.0188. The van der Waals surface area contributed by atoms with E-state index >= 15 is 0 Å². The molecule has 138 valence electrons.